The topological polar surface area (TPSA) is 3.24 Å². The van der Waals surface area contributed by atoms with Crippen LogP contribution in [0, 0.1) is 11.3 Å². The molecule has 1 saturated heterocycles. The fraction of sp³-hybridized carbons (Fsp3) is 1.00. The maximum atomic E-state index is 2.54. The first kappa shape index (κ1) is 9.05. The molecule has 0 atom stereocenters. The SMILES string of the molecule is CC(C)N1CC(C(C)(C)C)C1. The van der Waals surface area contributed by atoms with Crippen LogP contribution in [-0.4, -0.2) is 24.0 Å². The van der Waals surface area contributed by atoms with Crippen LogP contribution in [0.5, 0.6) is 0 Å². The van der Waals surface area contributed by atoms with Gasteiger partial charge in [0.05, 0.1) is 0 Å². The number of hydrogen-bond acceptors (Lipinski definition) is 1. The third-order valence-corrected chi connectivity index (χ3v) is 2.86. The molecule has 0 amide bonds. The highest BCUT2D eigenvalue weighted by Gasteiger charge is 2.36. The van der Waals surface area contributed by atoms with E-state index in [-0.39, 0.29) is 0 Å². The Hall–Kier alpha value is -0.0400. The molecular weight excluding hydrogens is 134 g/mol. The Kier molecular flexibility index (Phi) is 2.29. The van der Waals surface area contributed by atoms with E-state index in [1.54, 1.807) is 0 Å². The van der Waals surface area contributed by atoms with Crippen LogP contribution in [0.2, 0.25) is 0 Å². The minimum absolute atomic E-state index is 0.519. The van der Waals surface area contributed by atoms with Gasteiger partial charge in [0, 0.05) is 19.1 Å². The third-order valence-electron chi connectivity index (χ3n) is 2.86. The second-order valence-electron chi connectivity index (χ2n) is 5.11. The lowest BCUT2D eigenvalue weighted by Crippen LogP contribution is -2.54. The predicted octanol–water partition coefficient (Wildman–Crippen LogP) is 2.37. The smallest absolute Gasteiger partial charge is 0.00388 e. The van der Waals surface area contributed by atoms with Crippen molar-refractivity contribution in [2.75, 3.05) is 13.1 Å². The van der Waals surface area contributed by atoms with Gasteiger partial charge >= 0.3 is 0 Å². The molecule has 1 aliphatic rings. The predicted molar refractivity (Wildman–Crippen MR) is 49.7 cm³/mol. The lowest BCUT2D eigenvalue weighted by Gasteiger charge is -2.48. The summed E-state index contributed by atoms with van der Waals surface area (Å²) in [7, 11) is 0. The van der Waals surface area contributed by atoms with Gasteiger partial charge in [-0.25, -0.2) is 0 Å². The molecule has 66 valence electrons. The van der Waals surface area contributed by atoms with E-state index in [4.69, 9.17) is 0 Å². The molecule has 11 heavy (non-hydrogen) atoms. The van der Waals surface area contributed by atoms with E-state index in [2.05, 4.69) is 39.5 Å². The summed E-state index contributed by atoms with van der Waals surface area (Å²) in [6.45, 7) is 14.2. The van der Waals surface area contributed by atoms with Crippen LogP contribution in [-0.2, 0) is 0 Å². The molecule has 0 aliphatic carbocycles. The van der Waals surface area contributed by atoms with Crippen molar-refractivity contribution >= 4 is 0 Å². The van der Waals surface area contributed by atoms with Crippen molar-refractivity contribution in [1.29, 1.82) is 0 Å². The van der Waals surface area contributed by atoms with Crippen molar-refractivity contribution in [2.24, 2.45) is 11.3 Å². The van der Waals surface area contributed by atoms with Gasteiger partial charge in [0.2, 0.25) is 0 Å². The number of nitrogens with zero attached hydrogens (tertiary/aromatic N) is 1. The van der Waals surface area contributed by atoms with Crippen LogP contribution in [0.15, 0.2) is 0 Å². The summed E-state index contributed by atoms with van der Waals surface area (Å²) >= 11 is 0. The first-order valence-corrected chi connectivity index (χ1v) is 4.65. The quantitative estimate of drug-likeness (QED) is 0.562. The zero-order valence-electron chi connectivity index (χ0n) is 8.52. The lowest BCUT2D eigenvalue weighted by molar-refractivity contribution is 0.00320. The number of likely N-dealkylation sites (tertiary alicyclic amines) is 1. The monoisotopic (exact) mass is 155 g/mol. The Morgan fingerprint density at radius 1 is 1.18 bits per heavy atom. The van der Waals surface area contributed by atoms with E-state index < -0.39 is 0 Å². The Morgan fingerprint density at radius 3 is 1.91 bits per heavy atom. The van der Waals surface area contributed by atoms with Gasteiger partial charge in [0.25, 0.3) is 0 Å². The van der Waals surface area contributed by atoms with Crippen molar-refractivity contribution in [1.82, 2.24) is 4.90 Å². The molecule has 0 unspecified atom stereocenters. The van der Waals surface area contributed by atoms with E-state index in [9.17, 15) is 0 Å². The lowest BCUT2D eigenvalue weighted by atomic mass is 9.75. The molecule has 0 aromatic carbocycles. The second kappa shape index (κ2) is 2.78. The summed E-state index contributed by atoms with van der Waals surface area (Å²) in [6, 6.07) is 0.744. The summed E-state index contributed by atoms with van der Waals surface area (Å²) in [5, 5.41) is 0. The third kappa shape index (κ3) is 1.96. The number of rotatable bonds is 1. The van der Waals surface area contributed by atoms with Gasteiger partial charge in [-0.1, -0.05) is 20.8 Å². The van der Waals surface area contributed by atoms with Crippen molar-refractivity contribution in [3.63, 3.8) is 0 Å². The molecular formula is C10H21N. The Labute approximate surface area is 70.8 Å². The molecule has 1 heteroatoms. The van der Waals surface area contributed by atoms with Crippen molar-refractivity contribution in [2.45, 2.75) is 40.7 Å². The van der Waals surface area contributed by atoms with E-state index in [1.807, 2.05) is 0 Å². The molecule has 0 N–H and O–H groups in total. The summed E-state index contributed by atoms with van der Waals surface area (Å²) < 4.78 is 0. The van der Waals surface area contributed by atoms with Crippen molar-refractivity contribution in [3.05, 3.63) is 0 Å². The average Bonchev–Trinajstić information content (AvgIpc) is 1.51. The van der Waals surface area contributed by atoms with E-state index in [1.165, 1.54) is 13.1 Å². The van der Waals surface area contributed by atoms with Crippen LogP contribution < -0.4 is 0 Å². The highest BCUT2D eigenvalue weighted by Crippen LogP contribution is 2.34. The highest BCUT2D eigenvalue weighted by molar-refractivity contribution is 4.89. The van der Waals surface area contributed by atoms with Crippen LogP contribution in [0.25, 0.3) is 0 Å². The van der Waals surface area contributed by atoms with Crippen molar-refractivity contribution in [3.8, 4) is 0 Å². The van der Waals surface area contributed by atoms with Gasteiger partial charge in [-0.2, -0.15) is 0 Å². The first-order chi connectivity index (χ1) is 4.91. The van der Waals surface area contributed by atoms with E-state index in [0.29, 0.717) is 5.41 Å². The minimum Gasteiger partial charge on any atom is -0.300 e. The van der Waals surface area contributed by atoms with Crippen LogP contribution in [0.3, 0.4) is 0 Å². The van der Waals surface area contributed by atoms with Gasteiger partial charge in [0.15, 0.2) is 0 Å². The molecule has 1 heterocycles. The zero-order chi connectivity index (χ0) is 8.65. The summed E-state index contributed by atoms with van der Waals surface area (Å²) in [5.74, 6) is 0.921. The molecule has 0 aromatic heterocycles. The average molecular weight is 155 g/mol. The molecule has 0 spiro atoms. The first-order valence-electron chi connectivity index (χ1n) is 4.65. The van der Waals surface area contributed by atoms with E-state index >= 15 is 0 Å². The normalized spacial score (nSPS) is 22.4. The molecule has 0 aromatic rings. The standard InChI is InChI=1S/C10H21N/c1-8(2)11-6-9(7-11)10(3,4)5/h8-9H,6-7H2,1-5H3. The molecule has 1 aliphatic heterocycles. The van der Waals surface area contributed by atoms with Crippen LogP contribution >= 0.6 is 0 Å². The molecule has 0 radical (unpaired) electrons. The van der Waals surface area contributed by atoms with Crippen molar-refractivity contribution < 1.29 is 0 Å². The van der Waals surface area contributed by atoms with Gasteiger partial charge in [0.1, 0.15) is 0 Å². The fourth-order valence-electron chi connectivity index (χ4n) is 1.48. The van der Waals surface area contributed by atoms with E-state index in [0.717, 1.165) is 12.0 Å². The van der Waals surface area contributed by atoms with Gasteiger partial charge in [-0.05, 0) is 25.2 Å². The van der Waals surface area contributed by atoms with Gasteiger partial charge < -0.3 is 4.90 Å². The maximum Gasteiger partial charge on any atom is 0.00388 e. The Morgan fingerprint density at radius 2 is 1.64 bits per heavy atom. The van der Waals surface area contributed by atoms with Gasteiger partial charge in [-0.3, -0.25) is 0 Å². The summed E-state index contributed by atoms with van der Waals surface area (Å²) in [5.41, 5.74) is 0.519. The minimum atomic E-state index is 0.519. The molecule has 1 rings (SSSR count). The van der Waals surface area contributed by atoms with Crippen LogP contribution in [0.4, 0.5) is 0 Å². The summed E-state index contributed by atoms with van der Waals surface area (Å²) in [4.78, 5) is 2.54. The molecule has 1 fully saturated rings. The maximum absolute atomic E-state index is 2.54. The molecule has 0 saturated carbocycles. The summed E-state index contributed by atoms with van der Waals surface area (Å²) in [6.07, 6.45) is 0. The van der Waals surface area contributed by atoms with Gasteiger partial charge in [-0.15, -0.1) is 0 Å². The molecule has 1 nitrogen and oxygen atoms in total. The fourth-order valence-corrected chi connectivity index (χ4v) is 1.48. The Balaban J connectivity index is 2.30. The highest BCUT2D eigenvalue weighted by atomic mass is 15.2. The Bertz CT molecular complexity index is 126. The van der Waals surface area contributed by atoms with Crippen LogP contribution in [0.1, 0.15) is 34.6 Å². The second-order valence-corrected chi connectivity index (χ2v) is 5.11. The number of hydrogen-bond donors (Lipinski definition) is 0. The molecule has 0 bridgehead atoms. The largest absolute Gasteiger partial charge is 0.300 e. The zero-order valence-corrected chi connectivity index (χ0v) is 8.52.